The second kappa shape index (κ2) is 6.91. The Hall–Kier alpha value is -1.91. The molecule has 24 heavy (non-hydrogen) atoms. The Balaban J connectivity index is 2.16. The van der Waals surface area contributed by atoms with Crippen molar-refractivity contribution in [3.05, 3.63) is 22.8 Å². The maximum atomic E-state index is 12.4. The number of aliphatic carboxylic acids is 1. The Morgan fingerprint density at radius 2 is 1.71 bits per heavy atom. The summed E-state index contributed by atoms with van der Waals surface area (Å²) in [5.41, 5.74) is 0.154. The van der Waals surface area contributed by atoms with Crippen molar-refractivity contribution in [2.24, 2.45) is 5.41 Å². The molecule has 0 spiro atoms. The number of fused-ring (bicyclic) bond motifs is 1. The number of ether oxygens (including phenoxy) is 1. The minimum atomic E-state index is -1.80. The van der Waals surface area contributed by atoms with Crippen molar-refractivity contribution < 1.29 is 24.2 Å². The Bertz CT molecular complexity index is 628. The van der Waals surface area contributed by atoms with Crippen LogP contribution in [0.3, 0.4) is 0 Å². The summed E-state index contributed by atoms with van der Waals surface area (Å²) in [6, 6.07) is 0. The average Bonchev–Trinajstić information content (AvgIpc) is 2.71. The van der Waals surface area contributed by atoms with Gasteiger partial charge in [0.2, 0.25) is 0 Å². The molecule has 1 N–H and O–H groups in total. The predicted octanol–water partition coefficient (Wildman–Crippen LogP) is 3.68. The first-order valence-electron chi connectivity index (χ1n) is 9.00. The van der Waals surface area contributed by atoms with Crippen molar-refractivity contribution >= 4 is 17.9 Å². The van der Waals surface area contributed by atoms with Crippen LogP contribution in [-0.2, 0) is 19.1 Å². The molecule has 1 heterocycles. The van der Waals surface area contributed by atoms with Crippen LogP contribution in [0.5, 0.6) is 0 Å². The summed E-state index contributed by atoms with van der Waals surface area (Å²) in [5.74, 6) is -2.90. The van der Waals surface area contributed by atoms with Crippen LogP contribution in [0.15, 0.2) is 22.8 Å². The number of rotatable bonds is 2. The van der Waals surface area contributed by atoms with Gasteiger partial charge in [-0.2, -0.15) is 0 Å². The molecule has 130 valence electrons. The van der Waals surface area contributed by atoms with Gasteiger partial charge in [-0.1, -0.05) is 31.8 Å². The van der Waals surface area contributed by atoms with Crippen LogP contribution >= 0.6 is 0 Å². The van der Waals surface area contributed by atoms with Crippen LogP contribution in [0.4, 0.5) is 0 Å². The van der Waals surface area contributed by atoms with Crippen molar-refractivity contribution in [2.75, 3.05) is 0 Å². The van der Waals surface area contributed by atoms with Crippen LogP contribution in [0.1, 0.15) is 70.6 Å². The van der Waals surface area contributed by atoms with Gasteiger partial charge in [-0.15, -0.1) is 0 Å². The van der Waals surface area contributed by atoms with Crippen LogP contribution in [-0.4, -0.2) is 23.0 Å². The van der Waals surface area contributed by atoms with Crippen LogP contribution in [0, 0.1) is 5.41 Å². The highest BCUT2D eigenvalue weighted by Crippen LogP contribution is 2.47. The molecule has 0 amide bonds. The van der Waals surface area contributed by atoms with Gasteiger partial charge >= 0.3 is 17.9 Å². The van der Waals surface area contributed by atoms with E-state index in [1.54, 1.807) is 0 Å². The average molecular weight is 332 g/mol. The van der Waals surface area contributed by atoms with E-state index in [-0.39, 0.29) is 12.0 Å². The van der Waals surface area contributed by atoms with Crippen LogP contribution in [0.25, 0.3) is 0 Å². The summed E-state index contributed by atoms with van der Waals surface area (Å²) in [7, 11) is 0. The van der Waals surface area contributed by atoms with Gasteiger partial charge in [-0.3, -0.25) is 4.79 Å². The van der Waals surface area contributed by atoms with Gasteiger partial charge in [-0.05, 0) is 56.1 Å². The van der Waals surface area contributed by atoms with Gasteiger partial charge in [0.25, 0.3) is 0 Å². The van der Waals surface area contributed by atoms with Gasteiger partial charge in [0.05, 0.1) is 5.57 Å². The SMILES string of the molecule is O=C1OC(=O)C2(C(=O)O)CCCCCC(/C3=C/CCCCCC3)=C/12. The molecular weight excluding hydrogens is 308 g/mol. The highest BCUT2D eigenvalue weighted by Gasteiger charge is 2.60. The number of carboxylic acids is 1. The number of carbonyl (C=O) groups is 3. The number of cyclic esters (lactones) is 2. The Labute approximate surface area is 141 Å². The number of esters is 2. The van der Waals surface area contributed by atoms with E-state index in [9.17, 15) is 19.5 Å². The van der Waals surface area contributed by atoms with Gasteiger partial charge in [0.15, 0.2) is 5.41 Å². The lowest BCUT2D eigenvalue weighted by Gasteiger charge is -2.27. The summed E-state index contributed by atoms with van der Waals surface area (Å²) >= 11 is 0. The van der Waals surface area contributed by atoms with Crippen molar-refractivity contribution in [1.29, 1.82) is 0 Å². The number of carbonyl (C=O) groups excluding carboxylic acids is 2. The zero-order chi connectivity index (χ0) is 17.2. The molecule has 1 aliphatic heterocycles. The Morgan fingerprint density at radius 1 is 1.00 bits per heavy atom. The quantitative estimate of drug-likeness (QED) is 0.616. The number of hydrogen-bond donors (Lipinski definition) is 1. The molecule has 3 rings (SSSR count). The van der Waals surface area contributed by atoms with E-state index in [1.807, 2.05) is 0 Å². The third-order valence-electron chi connectivity index (χ3n) is 5.49. The molecule has 0 bridgehead atoms. The zero-order valence-corrected chi connectivity index (χ0v) is 13.9. The largest absolute Gasteiger partial charge is 0.480 e. The number of carboxylic acid groups (broad SMARTS) is 1. The van der Waals surface area contributed by atoms with Crippen LogP contribution < -0.4 is 0 Å². The second-order valence-electron chi connectivity index (χ2n) is 6.98. The topological polar surface area (TPSA) is 80.7 Å². The van der Waals surface area contributed by atoms with Gasteiger partial charge < -0.3 is 9.84 Å². The molecule has 5 nitrogen and oxygen atoms in total. The number of allylic oxidation sites excluding steroid dienone is 3. The predicted molar refractivity (Wildman–Crippen MR) is 87.1 cm³/mol. The molecule has 3 aliphatic rings. The maximum absolute atomic E-state index is 12.4. The first-order valence-corrected chi connectivity index (χ1v) is 9.00. The fraction of sp³-hybridized carbons (Fsp3) is 0.632. The third kappa shape index (κ3) is 2.80. The first-order chi connectivity index (χ1) is 11.6. The lowest BCUT2D eigenvalue weighted by Crippen LogP contribution is -2.38. The minimum Gasteiger partial charge on any atom is -0.480 e. The summed E-state index contributed by atoms with van der Waals surface area (Å²) < 4.78 is 4.82. The van der Waals surface area contributed by atoms with Gasteiger partial charge in [-0.25, -0.2) is 9.59 Å². The zero-order valence-electron chi connectivity index (χ0n) is 13.9. The molecule has 5 heteroatoms. The minimum absolute atomic E-state index is 0.117. The van der Waals surface area contributed by atoms with E-state index in [4.69, 9.17) is 4.74 Å². The maximum Gasteiger partial charge on any atom is 0.343 e. The molecule has 1 unspecified atom stereocenters. The van der Waals surface area contributed by atoms with E-state index >= 15 is 0 Å². The first kappa shape index (κ1) is 16.9. The molecule has 0 radical (unpaired) electrons. The highest BCUT2D eigenvalue weighted by molar-refractivity contribution is 6.20. The summed E-state index contributed by atoms with van der Waals surface area (Å²) in [6.45, 7) is 0. The number of hydrogen-bond acceptors (Lipinski definition) is 4. The molecule has 0 aromatic heterocycles. The fourth-order valence-corrected chi connectivity index (χ4v) is 4.19. The lowest BCUT2D eigenvalue weighted by molar-refractivity contribution is -0.161. The molecule has 0 saturated carbocycles. The molecule has 0 aromatic rings. The van der Waals surface area contributed by atoms with E-state index in [2.05, 4.69) is 6.08 Å². The van der Waals surface area contributed by atoms with E-state index < -0.39 is 23.3 Å². The summed E-state index contributed by atoms with van der Waals surface area (Å²) in [4.78, 5) is 36.8. The van der Waals surface area contributed by atoms with Crippen molar-refractivity contribution in [1.82, 2.24) is 0 Å². The Kier molecular flexibility index (Phi) is 4.88. The van der Waals surface area contributed by atoms with Crippen molar-refractivity contribution in [3.63, 3.8) is 0 Å². The highest BCUT2D eigenvalue weighted by atomic mass is 16.6. The van der Waals surface area contributed by atoms with E-state index in [0.29, 0.717) is 12.8 Å². The molecular formula is C19H24O5. The molecule has 1 atom stereocenters. The van der Waals surface area contributed by atoms with Crippen molar-refractivity contribution in [2.45, 2.75) is 70.6 Å². The van der Waals surface area contributed by atoms with E-state index in [0.717, 1.165) is 56.1 Å². The smallest absolute Gasteiger partial charge is 0.343 e. The Morgan fingerprint density at radius 3 is 2.50 bits per heavy atom. The lowest BCUT2D eigenvalue weighted by atomic mass is 9.71. The monoisotopic (exact) mass is 332 g/mol. The molecule has 1 fully saturated rings. The van der Waals surface area contributed by atoms with E-state index in [1.165, 1.54) is 6.42 Å². The fourth-order valence-electron chi connectivity index (χ4n) is 4.19. The second-order valence-corrected chi connectivity index (χ2v) is 6.98. The van der Waals surface area contributed by atoms with Crippen LogP contribution in [0.2, 0.25) is 0 Å². The molecule has 1 saturated heterocycles. The molecule has 0 aromatic carbocycles. The standard InChI is InChI=1S/C19H24O5/c20-16-15-14(13-9-5-2-1-3-6-10-13)11-7-4-8-12-19(15,17(21)22)18(23)24-16/h9H,1-8,10-12H2,(H,21,22)/b13-9+,15-14+. The third-order valence-corrected chi connectivity index (χ3v) is 5.49. The van der Waals surface area contributed by atoms with Gasteiger partial charge in [0, 0.05) is 0 Å². The normalized spacial score (nSPS) is 34.1. The summed E-state index contributed by atoms with van der Waals surface area (Å²) in [6.07, 6.45) is 11.6. The summed E-state index contributed by atoms with van der Waals surface area (Å²) in [5, 5.41) is 9.81. The van der Waals surface area contributed by atoms with Gasteiger partial charge in [0.1, 0.15) is 0 Å². The van der Waals surface area contributed by atoms with Crippen molar-refractivity contribution in [3.8, 4) is 0 Å². The molecule has 2 aliphatic carbocycles.